The van der Waals surface area contributed by atoms with Crippen LogP contribution in [0.5, 0.6) is 11.5 Å². The molecule has 0 fully saturated rings. The van der Waals surface area contributed by atoms with E-state index < -0.39 is 5.97 Å². The smallest absolute Gasteiger partial charge is 0.343 e. The first kappa shape index (κ1) is 12.3. The van der Waals surface area contributed by atoms with Gasteiger partial charge >= 0.3 is 5.97 Å². The van der Waals surface area contributed by atoms with Crippen LogP contribution in [-0.4, -0.2) is 26.8 Å². The van der Waals surface area contributed by atoms with Crippen molar-refractivity contribution in [2.75, 3.05) is 20.8 Å². The number of hydrogen-bond donors (Lipinski definition) is 1. The highest BCUT2D eigenvalue weighted by Crippen LogP contribution is 2.24. The van der Waals surface area contributed by atoms with Gasteiger partial charge in [0.25, 0.3) is 0 Å². The summed E-state index contributed by atoms with van der Waals surface area (Å²) in [5.74, 6) is 0.745. The van der Waals surface area contributed by atoms with Gasteiger partial charge in [-0.1, -0.05) is 6.07 Å². The minimum Gasteiger partial charge on any atom is -0.497 e. The molecule has 5 nitrogen and oxygen atoms in total. The van der Waals surface area contributed by atoms with Gasteiger partial charge in [0.1, 0.15) is 11.5 Å². The SMILES string of the molecule is COC(=O)COc1cc(OC)ccc1CN. The van der Waals surface area contributed by atoms with Crippen LogP contribution < -0.4 is 15.2 Å². The lowest BCUT2D eigenvalue weighted by atomic mass is 10.2. The highest BCUT2D eigenvalue weighted by Gasteiger charge is 2.07. The number of nitrogens with two attached hydrogens (primary N) is 1. The molecule has 0 radical (unpaired) electrons. The Labute approximate surface area is 94.1 Å². The van der Waals surface area contributed by atoms with Crippen molar-refractivity contribution in [3.8, 4) is 11.5 Å². The van der Waals surface area contributed by atoms with Gasteiger partial charge in [-0.2, -0.15) is 0 Å². The molecule has 0 aliphatic heterocycles. The number of rotatable bonds is 5. The van der Waals surface area contributed by atoms with Crippen molar-refractivity contribution in [3.05, 3.63) is 23.8 Å². The summed E-state index contributed by atoms with van der Waals surface area (Å²) in [5.41, 5.74) is 6.35. The van der Waals surface area contributed by atoms with Gasteiger partial charge in [-0.3, -0.25) is 0 Å². The number of esters is 1. The minimum absolute atomic E-state index is 0.142. The van der Waals surface area contributed by atoms with E-state index in [4.69, 9.17) is 15.2 Å². The van der Waals surface area contributed by atoms with E-state index in [9.17, 15) is 4.79 Å². The van der Waals surface area contributed by atoms with E-state index in [0.29, 0.717) is 18.0 Å². The van der Waals surface area contributed by atoms with Crippen LogP contribution in [0.2, 0.25) is 0 Å². The Kier molecular flexibility index (Phi) is 4.60. The maximum absolute atomic E-state index is 10.9. The highest BCUT2D eigenvalue weighted by atomic mass is 16.6. The van der Waals surface area contributed by atoms with Crippen molar-refractivity contribution < 1.29 is 19.0 Å². The van der Waals surface area contributed by atoms with Crippen LogP contribution in [0.25, 0.3) is 0 Å². The van der Waals surface area contributed by atoms with Gasteiger partial charge in [-0.15, -0.1) is 0 Å². The second kappa shape index (κ2) is 5.97. The van der Waals surface area contributed by atoms with Gasteiger partial charge in [0.05, 0.1) is 14.2 Å². The molecule has 0 aliphatic rings. The number of ether oxygens (including phenoxy) is 3. The zero-order chi connectivity index (χ0) is 12.0. The van der Waals surface area contributed by atoms with Crippen LogP contribution in [0.1, 0.15) is 5.56 Å². The maximum atomic E-state index is 10.9. The lowest BCUT2D eigenvalue weighted by Crippen LogP contribution is -2.14. The largest absolute Gasteiger partial charge is 0.497 e. The fraction of sp³-hybridized carbons (Fsp3) is 0.364. The lowest BCUT2D eigenvalue weighted by Gasteiger charge is -2.10. The summed E-state index contributed by atoms with van der Waals surface area (Å²) in [5, 5.41) is 0. The molecule has 0 unspecified atom stereocenters. The summed E-state index contributed by atoms with van der Waals surface area (Å²) in [4.78, 5) is 10.9. The molecule has 1 aromatic carbocycles. The van der Waals surface area contributed by atoms with Crippen LogP contribution in [0.15, 0.2) is 18.2 Å². The van der Waals surface area contributed by atoms with Gasteiger partial charge in [-0.05, 0) is 6.07 Å². The third-order valence-electron chi connectivity index (χ3n) is 2.07. The molecule has 0 bridgehead atoms. The molecule has 1 aromatic rings. The fourth-order valence-corrected chi connectivity index (χ4v) is 1.16. The minimum atomic E-state index is -0.439. The Balaban J connectivity index is 2.78. The predicted molar refractivity (Wildman–Crippen MR) is 58.4 cm³/mol. The number of benzene rings is 1. The van der Waals surface area contributed by atoms with E-state index >= 15 is 0 Å². The quantitative estimate of drug-likeness (QED) is 0.747. The van der Waals surface area contributed by atoms with Gasteiger partial charge < -0.3 is 19.9 Å². The Morgan fingerprint density at radius 3 is 2.69 bits per heavy atom. The monoisotopic (exact) mass is 225 g/mol. The zero-order valence-corrected chi connectivity index (χ0v) is 9.36. The molecule has 0 saturated carbocycles. The van der Waals surface area contributed by atoms with E-state index in [-0.39, 0.29) is 6.61 Å². The Bertz CT molecular complexity index is 365. The average molecular weight is 225 g/mol. The Morgan fingerprint density at radius 1 is 1.38 bits per heavy atom. The van der Waals surface area contributed by atoms with Crippen molar-refractivity contribution in [2.45, 2.75) is 6.54 Å². The second-order valence-corrected chi connectivity index (χ2v) is 3.04. The highest BCUT2D eigenvalue weighted by molar-refractivity contribution is 5.71. The van der Waals surface area contributed by atoms with E-state index in [1.165, 1.54) is 7.11 Å². The van der Waals surface area contributed by atoms with Gasteiger partial charge in [0, 0.05) is 18.2 Å². The molecule has 5 heteroatoms. The molecule has 0 aromatic heterocycles. The van der Waals surface area contributed by atoms with E-state index in [2.05, 4.69) is 4.74 Å². The lowest BCUT2D eigenvalue weighted by molar-refractivity contribution is -0.142. The summed E-state index contributed by atoms with van der Waals surface area (Å²) < 4.78 is 14.8. The molecular formula is C11H15NO4. The molecule has 1 rings (SSSR count). The molecule has 0 amide bonds. The molecule has 16 heavy (non-hydrogen) atoms. The van der Waals surface area contributed by atoms with Crippen LogP contribution in [0.3, 0.4) is 0 Å². The van der Waals surface area contributed by atoms with Crippen molar-refractivity contribution in [3.63, 3.8) is 0 Å². The van der Waals surface area contributed by atoms with Crippen molar-refractivity contribution in [2.24, 2.45) is 5.73 Å². The summed E-state index contributed by atoms with van der Waals surface area (Å²) in [7, 11) is 2.86. The number of carbonyl (C=O) groups excluding carboxylic acids is 1. The predicted octanol–water partition coefficient (Wildman–Crippen LogP) is 0.706. The van der Waals surface area contributed by atoms with Crippen LogP contribution in [-0.2, 0) is 16.1 Å². The number of hydrogen-bond acceptors (Lipinski definition) is 5. The van der Waals surface area contributed by atoms with Gasteiger partial charge in [0.2, 0.25) is 0 Å². The molecular weight excluding hydrogens is 210 g/mol. The van der Waals surface area contributed by atoms with Crippen molar-refractivity contribution >= 4 is 5.97 Å². The maximum Gasteiger partial charge on any atom is 0.343 e. The fourth-order valence-electron chi connectivity index (χ4n) is 1.16. The zero-order valence-electron chi connectivity index (χ0n) is 9.36. The molecule has 0 heterocycles. The van der Waals surface area contributed by atoms with E-state index in [1.54, 1.807) is 25.3 Å². The van der Waals surface area contributed by atoms with Crippen LogP contribution in [0.4, 0.5) is 0 Å². The summed E-state index contributed by atoms with van der Waals surface area (Å²) in [6.07, 6.45) is 0. The first-order valence-corrected chi connectivity index (χ1v) is 4.78. The molecule has 88 valence electrons. The van der Waals surface area contributed by atoms with Gasteiger partial charge in [0.15, 0.2) is 6.61 Å². The number of carbonyl (C=O) groups is 1. The van der Waals surface area contributed by atoms with Crippen LogP contribution >= 0.6 is 0 Å². The first-order valence-electron chi connectivity index (χ1n) is 4.78. The molecule has 2 N–H and O–H groups in total. The van der Waals surface area contributed by atoms with Crippen LogP contribution in [0, 0.1) is 0 Å². The molecule has 0 spiro atoms. The first-order chi connectivity index (χ1) is 7.71. The Hall–Kier alpha value is -1.75. The normalized spacial score (nSPS) is 9.69. The summed E-state index contributed by atoms with van der Waals surface area (Å²) in [6.45, 7) is 0.192. The van der Waals surface area contributed by atoms with E-state index in [0.717, 1.165) is 5.56 Å². The molecule has 0 saturated heterocycles. The third-order valence-corrected chi connectivity index (χ3v) is 2.07. The average Bonchev–Trinajstić information content (AvgIpc) is 2.35. The third kappa shape index (κ3) is 3.13. The van der Waals surface area contributed by atoms with Crippen molar-refractivity contribution in [1.82, 2.24) is 0 Å². The van der Waals surface area contributed by atoms with Crippen molar-refractivity contribution in [1.29, 1.82) is 0 Å². The standard InChI is InChI=1S/C11H15NO4/c1-14-9-4-3-8(6-12)10(5-9)16-7-11(13)15-2/h3-5H,6-7,12H2,1-2H3. The molecule has 0 atom stereocenters. The molecule has 0 aliphatic carbocycles. The summed E-state index contributed by atoms with van der Waals surface area (Å²) >= 11 is 0. The number of methoxy groups -OCH3 is 2. The second-order valence-electron chi connectivity index (χ2n) is 3.04. The summed E-state index contributed by atoms with van der Waals surface area (Å²) in [6, 6.07) is 5.27. The Morgan fingerprint density at radius 2 is 2.12 bits per heavy atom. The van der Waals surface area contributed by atoms with Gasteiger partial charge in [-0.25, -0.2) is 4.79 Å². The van der Waals surface area contributed by atoms with E-state index in [1.807, 2.05) is 0 Å². The topological polar surface area (TPSA) is 70.8 Å².